The summed E-state index contributed by atoms with van der Waals surface area (Å²) in [5.41, 5.74) is 0.0766. The first kappa shape index (κ1) is 15.4. The van der Waals surface area contributed by atoms with Gasteiger partial charge >= 0.3 is 5.97 Å². The number of methoxy groups -OCH3 is 1. The molecule has 0 aromatic heterocycles. The van der Waals surface area contributed by atoms with E-state index in [-0.39, 0.29) is 23.5 Å². The molecule has 0 aromatic carbocycles. The first-order valence-electron chi connectivity index (χ1n) is 6.92. The number of esters is 1. The zero-order valence-corrected chi connectivity index (χ0v) is 12.3. The maximum atomic E-state index is 11.9. The highest BCUT2D eigenvalue weighted by Crippen LogP contribution is 2.42. The minimum Gasteiger partial charge on any atom is -0.465 e. The van der Waals surface area contributed by atoms with Crippen molar-refractivity contribution in [3.63, 3.8) is 0 Å². The molecule has 0 radical (unpaired) electrons. The minimum atomic E-state index is -0.183. The van der Waals surface area contributed by atoms with E-state index in [0.717, 1.165) is 19.3 Å². The molecule has 1 aliphatic rings. The van der Waals surface area contributed by atoms with Crippen LogP contribution in [-0.2, 0) is 14.3 Å². The summed E-state index contributed by atoms with van der Waals surface area (Å²) in [7, 11) is 1.75. The van der Waals surface area contributed by atoms with Crippen LogP contribution in [-0.4, -0.2) is 37.9 Å². The third kappa shape index (κ3) is 3.23. The maximum absolute atomic E-state index is 11.9. The van der Waals surface area contributed by atoms with Crippen LogP contribution in [0.1, 0.15) is 47.0 Å². The maximum Gasteiger partial charge on any atom is 0.323 e. The summed E-state index contributed by atoms with van der Waals surface area (Å²) in [5.74, 6) is -0.129. The molecule has 0 aromatic rings. The van der Waals surface area contributed by atoms with Crippen molar-refractivity contribution in [2.45, 2.75) is 65.1 Å². The number of rotatable bonds is 7. The standard InChI is InChI=1S/C14H27NO3/c1-6-8-10(13(16)18-7-2)15-11-9-12(17-5)14(11,3)4/h10-12,15H,6-9H2,1-5H3. The average molecular weight is 257 g/mol. The van der Waals surface area contributed by atoms with Gasteiger partial charge in [0.25, 0.3) is 0 Å². The monoisotopic (exact) mass is 257 g/mol. The predicted octanol–water partition coefficient (Wildman–Crippen LogP) is 2.12. The van der Waals surface area contributed by atoms with Crippen LogP contribution in [0.3, 0.4) is 0 Å². The lowest BCUT2D eigenvalue weighted by Crippen LogP contribution is -2.63. The summed E-state index contributed by atoms with van der Waals surface area (Å²) in [6.07, 6.45) is 3.03. The van der Waals surface area contributed by atoms with Gasteiger partial charge in [-0.2, -0.15) is 0 Å². The summed E-state index contributed by atoms with van der Waals surface area (Å²) in [5, 5.41) is 3.44. The lowest BCUT2D eigenvalue weighted by molar-refractivity contribution is -0.149. The van der Waals surface area contributed by atoms with Gasteiger partial charge in [0.15, 0.2) is 0 Å². The van der Waals surface area contributed by atoms with Gasteiger partial charge in [-0.05, 0) is 19.8 Å². The fourth-order valence-electron chi connectivity index (χ4n) is 2.61. The molecule has 3 unspecified atom stereocenters. The van der Waals surface area contributed by atoms with E-state index in [4.69, 9.17) is 9.47 Å². The Morgan fingerprint density at radius 2 is 2.11 bits per heavy atom. The van der Waals surface area contributed by atoms with Crippen molar-refractivity contribution in [3.05, 3.63) is 0 Å². The van der Waals surface area contributed by atoms with Crippen molar-refractivity contribution in [1.82, 2.24) is 5.32 Å². The van der Waals surface area contributed by atoms with Gasteiger partial charge in [0.05, 0.1) is 12.7 Å². The predicted molar refractivity (Wildman–Crippen MR) is 71.4 cm³/mol. The molecule has 1 rings (SSSR count). The molecule has 106 valence electrons. The second kappa shape index (κ2) is 6.53. The lowest BCUT2D eigenvalue weighted by atomic mass is 9.64. The largest absolute Gasteiger partial charge is 0.465 e. The van der Waals surface area contributed by atoms with E-state index in [9.17, 15) is 4.79 Å². The number of nitrogens with one attached hydrogen (secondary N) is 1. The molecule has 4 nitrogen and oxygen atoms in total. The molecule has 1 N–H and O–H groups in total. The van der Waals surface area contributed by atoms with Crippen LogP contribution in [0.2, 0.25) is 0 Å². The molecule has 3 atom stereocenters. The highest BCUT2D eigenvalue weighted by Gasteiger charge is 2.49. The quantitative estimate of drug-likeness (QED) is 0.710. The molecule has 0 spiro atoms. The number of hydrogen-bond donors (Lipinski definition) is 1. The molecule has 1 saturated carbocycles. The van der Waals surface area contributed by atoms with Gasteiger partial charge in [0.1, 0.15) is 6.04 Å². The van der Waals surface area contributed by atoms with Gasteiger partial charge in [-0.15, -0.1) is 0 Å². The molecule has 0 amide bonds. The molecular formula is C14H27NO3. The molecule has 0 saturated heterocycles. The molecule has 0 aliphatic heterocycles. The van der Waals surface area contributed by atoms with Gasteiger partial charge in [-0.25, -0.2) is 0 Å². The van der Waals surface area contributed by atoms with E-state index in [1.807, 2.05) is 6.92 Å². The third-order valence-corrected chi connectivity index (χ3v) is 4.01. The fourth-order valence-corrected chi connectivity index (χ4v) is 2.61. The lowest BCUT2D eigenvalue weighted by Gasteiger charge is -2.52. The molecule has 0 heterocycles. The van der Waals surface area contributed by atoms with Crippen molar-refractivity contribution in [1.29, 1.82) is 0 Å². The molecule has 4 heteroatoms. The van der Waals surface area contributed by atoms with E-state index in [1.54, 1.807) is 7.11 Å². The first-order chi connectivity index (χ1) is 8.47. The Morgan fingerprint density at radius 3 is 2.56 bits per heavy atom. The van der Waals surface area contributed by atoms with Crippen LogP contribution < -0.4 is 5.32 Å². The zero-order valence-electron chi connectivity index (χ0n) is 12.3. The number of carbonyl (C=O) groups is 1. The summed E-state index contributed by atoms with van der Waals surface area (Å²) < 4.78 is 10.5. The van der Waals surface area contributed by atoms with Crippen molar-refractivity contribution < 1.29 is 14.3 Å². The summed E-state index contributed by atoms with van der Waals surface area (Å²) in [6.45, 7) is 8.72. The molecular weight excluding hydrogens is 230 g/mol. The van der Waals surface area contributed by atoms with E-state index in [1.165, 1.54) is 0 Å². The Kier molecular flexibility index (Phi) is 5.60. The Labute approximate surface area is 110 Å². The zero-order chi connectivity index (χ0) is 13.8. The fraction of sp³-hybridized carbons (Fsp3) is 0.929. The van der Waals surface area contributed by atoms with Gasteiger partial charge in [0.2, 0.25) is 0 Å². The van der Waals surface area contributed by atoms with Crippen molar-refractivity contribution in [2.24, 2.45) is 5.41 Å². The van der Waals surface area contributed by atoms with E-state index in [2.05, 4.69) is 26.1 Å². The van der Waals surface area contributed by atoms with Gasteiger partial charge in [0, 0.05) is 18.6 Å². The Morgan fingerprint density at radius 1 is 1.44 bits per heavy atom. The van der Waals surface area contributed by atoms with E-state index in [0.29, 0.717) is 12.6 Å². The molecule has 1 fully saturated rings. The number of hydrogen-bond acceptors (Lipinski definition) is 4. The van der Waals surface area contributed by atoms with Crippen LogP contribution in [0, 0.1) is 5.41 Å². The highest BCUT2D eigenvalue weighted by atomic mass is 16.5. The Bertz CT molecular complexity index is 278. The highest BCUT2D eigenvalue weighted by molar-refractivity contribution is 5.75. The van der Waals surface area contributed by atoms with E-state index >= 15 is 0 Å². The molecule has 0 bridgehead atoms. The van der Waals surface area contributed by atoms with Crippen molar-refractivity contribution in [2.75, 3.05) is 13.7 Å². The van der Waals surface area contributed by atoms with Crippen molar-refractivity contribution >= 4 is 5.97 Å². The van der Waals surface area contributed by atoms with Gasteiger partial charge in [-0.1, -0.05) is 27.2 Å². The first-order valence-corrected chi connectivity index (χ1v) is 6.92. The molecule has 1 aliphatic carbocycles. The summed E-state index contributed by atoms with van der Waals surface area (Å²) >= 11 is 0. The SMILES string of the molecule is CCCC(NC1CC(OC)C1(C)C)C(=O)OCC. The minimum absolute atomic E-state index is 0.0766. The van der Waals surface area contributed by atoms with Crippen molar-refractivity contribution in [3.8, 4) is 0 Å². The summed E-state index contributed by atoms with van der Waals surface area (Å²) in [4.78, 5) is 11.9. The smallest absolute Gasteiger partial charge is 0.323 e. The van der Waals surface area contributed by atoms with Crippen LogP contribution in [0.15, 0.2) is 0 Å². The average Bonchev–Trinajstić information content (AvgIpc) is 2.32. The summed E-state index contributed by atoms with van der Waals surface area (Å²) in [6, 6.07) is 0.139. The second-order valence-electron chi connectivity index (χ2n) is 5.59. The number of carbonyl (C=O) groups excluding carboxylic acids is 1. The second-order valence-corrected chi connectivity index (χ2v) is 5.59. The Hall–Kier alpha value is -0.610. The normalized spacial score (nSPS) is 27.4. The van der Waals surface area contributed by atoms with Gasteiger partial charge < -0.3 is 14.8 Å². The third-order valence-electron chi connectivity index (χ3n) is 4.01. The van der Waals surface area contributed by atoms with Gasteiger partial charge in [-0.3, -0.25) is 4.79 Å². The van der Waals surface area contributed by atoms with Crippen LogP contribution in [0.25, 0.3) is 0 Å². The molecule has 18 heavy (non-hydrogen) atoms. The van der Waals surface area contributed by atoms with E-state index < -0.39 is 0 Å². The number of ether oxygens (including phenoxy) is 2. The van der Waals surface area contributed by atoms with Crippen LogP contribution in [0.4, 0.5) is 0 Å². The van der Waals surface area contributed by atoms with Crippen LogP contribution in [0.5, 0.6) is 0 Å². The van der Waals surface area contributed by atoms with Crippen LogP contribution >= 0.6 is 0 Å². The Balaban J connectivity index is 2.55. The topological polar surface area (TPSA) is 47.6 Å².